The second kappa shape index (κ2) is 10.5. The Hall–Kier alpha value is -2.39. The molecule has 9 heteroatoms. The summed E-state index contributed by atoms with van der Waals surface area (Å²) in [6.45, 7) is 3.67. The standard InChI is InChI=1S/C23H31N5O3S/c1-16(20(29)24-15-17-9-4-3-5-10-17)32-23-26-25-22-27(13-8-14-31-2)21(30)18-11-6-7-12-19(18)28(22)23/h6-7,11-12,16-17H,3-5,8-10,13-15H2,1-2H3,(H,24,29). The topological polar surface area (TPSA) is 90.5 Å². The summed E-state index contributed by atoms with van der Waals surface area (Å²) in [6, 6.07) is 7.46. The molecule has 8 nitrogen and oxygen atoms in total. The quantitative estimate of drug-likeness (QED) is 0.392. The lowest BCUT2D eigenvalue weighted by molar-refractivity contribution is -0.120. The molecule has 0 radical (unpaired) electrons. The second-order valence-corrected chi connectivity index (χ2v) is 9.76. The predicted molar refractivity (Wildman–Crippen MR) is 126 cm³/mol. The molecule has 1 saturated carbocycles. The Morgan fingerprint density at radius 3 is 2.81 bits per heavy atom. The number of para-hydroxylation sites is 1. The Morgan fingerprint density at radius 2 is 2.03 bits per heavy atom. The third-order valence-electron chi connectivity index (χ3n) is 6.15. The molecule has 172 valence electrons. The van der Waals surface area contributed by atoms with Crippen LogP contribution in [0.4, 0.5) is 0 Å². The number of nitrogens with zero attached hydrogens (tertiary/aromatic N) is 4. The van der Waals surface area contributed by atoms with Gasteiger partial charge in [0, 0.05) is 26.8 Å². The van der Waals surface area contributed by atoms with Gasteiger partial charge in [-0.05, 0) is 44.2 Å². The number of ether oxygens (including phenoxy) is 1. The Labute approximate surface area is 191 Å². The molecule has 1 fully saturated rings. The minimum Gasteiger partial charge on any atom is -0.385 e. The van der Waals surface area contributed by atoms with Crippen molar-refractivity contribution in [2.24, 2.45) is 5.92 Å². The number of carbonyl (C=O) groups excluding carboxylic acids is 1. The number of aromatic nitrogens is 4. The molecule has 0 saturated heterocycles. The fourth-order valence-corrected chi connectivity index (χ4v) is 5.25. The molecular formula is C23H31N5O3S. The summed E-state index contributed by atoms with van der Waals surface area (Å²) in [6.07, 6.45) is 6.92. The van der Waals surface area contributed by atoms with Crippen LogP contribution >= 0.6 is 11.8 Å². The van der Waals surface area contributed by atoms with Crippen molar-refractivity contribution >= 4 is 34.3 Å². The van der Waals surface area contributed by atoms with Crippen LogP contribution in [-0.4, -0.2) is 50.6 Å². The maximum atomic E-state index is 13.1. The summed E-state index contributed by atoms with van der Waals surface area (Å²) in [5, 5.41) is 12.7. The summed E-state index contributed by atoms with van der Waals surface area (Å²) < 4.78 is 8.68. The highest BCUT2D eigenvalue weighted by molar-refractivity contribution is 8.00. The molecule has 32 heavy (non-hydrogen) atoms. The maximum absolute atomic E-state index is 13.1. The molecule has 1 N–H and O–H groups in total. The van der Waals surface area contributed by atoms with Crippen LogP contribution < -0.4 is 10.9 Å². The van der Waals surface area contributed by atoms with Crippen molar-refractivity contribution in [2.45, 2.75) is 62.4 Å². The maximum Gasteiger partial charge on any atom is 0.262 e. The molecule has 0 bridgehead atoms. The Morgan fingerprint density at radius 1 is 1.25 bits per heavy atom. The van der Waals surface area contributed by atoms with Crippen molar-refractivity contribution < 1.29 is 9.53 Å². The van der Waals surface area contributed by atoms with Crippen LogP contribution in [0.1, 0.15) is 45.4 Å². The molecule has 1 unspecified atom stereocenters. The molecular weight excluding hydrogens is 426 g/mol. The number of methoxy groups -OCH3 is 1. The summed E-state index contributed by atoms with van der Waals surface area (Å²) >= 11 is 1.37. The molecule has 1 aliphatic rings. The van der Waals surface area contributed by atoms with E-state index in [0.29, 0.717) is 41.8 Å². The monoisotopic (exact) mass is 457 g/mol. The van der Waals surface area contributed by atoms with E-state index < -0.39 is 0 Å². The number of benzene rings is 1. The van der Waals surface area contributed by atoms with Gasteiger partial charge in [-0.15, -0.1) is 10.2 Å². The normalized spacial score (nSPS) is 15.9. The number of aryl methyl sites for hydroxylation is 1. The lowest BCUT2D eigenvalue weighted by Gasteiger charge is -2.22. The van der Waals surface area contributed by atoms with Gasteiger partial charge in [0.25, 0.3) is 5.56 Å². The Bertz CT molecular complexity index is 1140. The van der Waals surface area contributed by atoms with Gasteiger partial charge in [-0.1, -0.05) is 43.2 Å². The van der Waals surface area contributed by atoms with E-state index in [1.54, 1.807) is 11.7 Å². The fraction of sp³-hybridized carbons (Fsp3) is 0.565. The first-order chi connectivity index (χ1) is 15.6. The fourth-order valence-electron chi connectivity index (χ4n) is 4.37. The SMILES string of the molecule is COCCCn1c(=O)c2ccccc2n2c(SC(C)C(=O)NCC3CCCCC3)nnc12. The summed E-state index contributed by atoms with van der Waals surface area (Å²) in [5.41, 5.74) is 0.657. The van der Waals surface area contributed by atoms with Crippen molar-refractivity contribution in [3.05, 3.63) is 34.6 Å². The number of fused-ring (bicyclic) bond motifs is 3. The van der Waals surface area contributed by atoms with Gasteiger partial charge < -0.3 is 10.1 Å². The van der Waals surface area contributed by atoms with Crippen molar-refractivity contribution in [3.63, 3.8) is 0 Å². The molecule has 3 aromatic rings. The van der Waals surface area contributed by atoms with Gasteiger partial charge in [0.05, 0.1) is 16.2 Å². The van der Waals surface area contributed by atoms with Gasteiger partial charge in [0.1, 0.15) is 0 Å². The smallest absolute Gasteiger partial charge is 0.262 e. The van der Waals surface area contributed by atoms with Gasteiger partial charge in [-0.25, -0.2) is 0 Å². The molecule has 0 spiro atoms. The van der Waals surface area contributed by atoms with E-state index in [0.717, 1.165) is 12.1 Å². The summed E-state index contributed by atoms with van der Waals surface area (Å²) in [7, 11) is 1.64. The number of nitrogens with one attached hydrogen (secondary N) is 1. The van der Waals surface area contributed by atoms with Gasteiger partial charge in [-0.2, -0.15) is 0 Å². The highest BCUT2D eigenvalue weighted by Crippen LogP contribution is 2.26. The minimum atomic E-state index is -0.321. The first-order valence-electron chi connectivity index (χ1n) is 11.4. The number of rotatable bonds is 9. The Kier molecular flexibility index (Phi) is 7.47. The zero-order valence-corrected chi connectivity index (χ0v) is 19.6. The molecule has 1 aromatic carbocycles. The number of thioether (sulfide) groups is 1. The summed E-state index contributed by atoms with van der Waals surface area (Å²) in [5.74, 6) is 1.08. The molecule has 1 amide bonds. The summed E-state index contributed by atoms with van der Waals surface area (Å²) in [4.78, 5) is 25.8. The third-order valence-corrected chi connectivity index (χ3v) is 7.19. The van der Waals surface area contributed by atoms with Crippen LogP contribution in [0, 0.1) is 5.92 Å². The highest BCUT2D eigenvalue weighted by Gasteiger charge is 2.22. The van der Waals surface area contributed by atoms with Crippen LogP contribution in [0.2, 0.25) is 0 Å². The van der Waals surface area contributed by atoms with E-state index in [-0.39, 0.29) is 16.7 Å². The predicted octanol–water partition coefficient (Wildman–Crippen LogP) is 3.26. The Balaban J connectivity index is 1.58. The van der Waals surface area contributed by atoms with Crippen molar-refractivity contribution in [2.75, 3.05) is 20.3 Å². The number of carbonyl (C=O) groups is 1. The largest absolute Gasteiger partial charge is 0.385 e. The lowest BCUT2D eigenvalue weighted by atomic mass is 9.89. The molecule has 2 aromatic heterocycles. The van der Waals surface area contributed by atoms with Crippen LogP contribution in [0.25, 0.3) is 16.7 Å². The van der Waals surface area contributed by atoms with Gasteiger partial charge in [0.15, 0.2) is 5.16 Å². The second-order valence-electron chi connectivity index (χ2n) is 8.45. The van der Waals surface area contributed by atoms with Crippen LogP contribution in [0.15, 0.2) is 34.2 Å². The van der Waals surface area contributed by atoms with Crippen LogP contribution in [-0.2, 0) is 16.1 Å². The number of hydrogen-bond donors (Lipinski definition) is 1. The van der Waals surface area contributed by atoms with Crippen LogP contribution in [0.3, 0.4) is 0 Å². The molecule has 0 aliphatic heterocycles. The van der Waals surface area contributed by atoms with E-state index in [9.17, 15) is 9.59 Å². The minimum absolute atomic E-state index is 0.00930. The average Bonchev–Trinajstić information content (AvgIpc) is 3.23. The highest BCUT2D eigenvalue weighted by atomic mass is 32.2. The van der Waals surface area contributed by atoms with Crippen molar-refractivity contribution in [1.29, 1.82) is 0 Å². The van der Waals surface area contributed by atoms with Gasteiger partial charge in [-0.3, -0.25) is 18.6 Å². The van der Waals surface area contributed by atoms with E-state index in [4.69, 9.17) is 4.74 Å². The number of amides is 1. The molecule has 1 atom stereocenters. The van der Waals surface area contributed by atoms with Gasteiger partial charge in [0.2, 0.25) is 11.7 Å². The molecule has 2 heterocycles. The molecule has 4 rings (SSSR count). The zero-order valence-electron chi connectivity index (χ0n) is 18.7. The third kappa shape index (κ3) is 4.83. The van der Waals surface area contributed by atoms with Crippen molar-refractivity contribution in [3.8, 4) is 0 Å². The zero-order chi connectivity index (χ0) is 22.5. The lowest BCUT2D eigenvalue weighted by Crippen LogP contribution is -2.35. The average molecular weight is 458 g/mol. The van der Waals surface area contributed by atoms with Crippen LogP contribution in [0.5, 0.6) is 0 Å². The first kappa shape index (κ1) is 22.8. The van der Waals surface area contributed by atoms with Crippen molar-refractivity contribution in [1.82, 2.24) is 24.5 Å². The first-order valence-corrected chi connectivity index (χ1v) is 12.3. The molecule has 1 aliphatic carbocycles. The van der Waals surface area contributed by atoms with E-state index in [2.05, 4.69) is 15.5 Å². The van der Waals surface area contributed by atoms with E-state index in [1.165, 1.54) is 43.9 Å². The van der Waals surface area contributed by atoms with Gasteiger partial charge >= 0.3 is 0 Å². The van der Waals surface area contributed by atoms with E-state index in [1.807, 2.05) is 35.6 Å². The number of hydrogen-bond acceptors (Lipinski definition) is 6. The van der Waals surface area contributed by atoms with E-state index >= 15 is 0 Å².